The number of nitro benzene ring substituents is 1. The molecule has 0 fully saturated rings. The zero-order valence-corrected chi connectivity index (χ0v) is 18.9. The van der Waals surface area contributed by atoms with Gasteiger partial charge in [-0.2, -0.15) is 0 Å². The predicted octanol–water partition coefficient (Wildman–Crippen LogP) is 6.52. The summed E-state index contributed by atoms with van der Waals surface area (Å²) in [5, 5.41) is 17.0. The van der Waals surface area contributed by atoms with Crippen LogP contribution < -0.4 is 16.4 Å². The second-order valence-corrected chi connectivity index (χ2v) is 7.24. The molecule has 0 bridgehead atoms. The molecule has 31 heavy (non-hydrogen) atoms. The van der Waals surface area contributed by atoms with Crippen LogP contribution in [-0.4, -0.2) is 22.8 Å². The second-order valence-electron chi connectivity index (χ2n) is 7.24. The number of hydrogen-bond donors (Lipinski definition) is 3. The topological polar surface area (TPSA) is 110 Å². The van der Waals surface area contributed by atoms with Gasteiger partial charge in [-0.15, -0.1) is 0 Å². The lowest BCUT2D eigenvalue weighted by Crippen LogP contribution is -2.14. The first kappa shape index (κ1) is 30.1. The first-order chi connectivity index (χ1) is 14.1. The number of nitro groups is 1. The third-order valence-electron chi connectivity index (χ3n) is 4.04. The zero-order chi connectivity index (χ0) is 23.1. The molecule has 0 aliphatic heterocycles. The molecular formula is C24H40N4O3. The number of non-ortho nitro benzene ring substituents is 1. The minimum absolute atomic E-state index is 0. The van der Waals surface area contributed by atoms with Gasteiger partial charge in [0.05, 0.1) is 4.92 Å². The number of nitrogens with two attached hydrogens (primary N) is 1. The van der Waals surface area contributed by atoms with E-state index in [0.717, 1.165) is 12.8 Å². The van der Waals surface area contributed by atoms with Gasteiger partial charge in [-0.25, -0.2) is 0 Å². The van der Waals surface area contributed by atoms with Crippen molar-refractivity contribution in [2.24, 2.45) is 0 Å². The lowest BCUT2D eigenvalue weighted by molar-refractivity contribution is -0.384. The van der Waals surface area contributed by atoms with Crippen LogP contribution in [0.5, 0.6) is 0 Å². The fraction of sp³-hybridized carbons (Fsp3) is 0.458. The van der Waals surface area contributed by atoms with Crippen molar-refractivity contribution in [3.63, 3.8) is 0 Å². The number of nitrogen functional groups attached to an aromatic ring is 1. The Bertz CT molecular complexity index is 711. The Morgan fingerprint density at radius 1 is 0.903 bits per heavy atom. The van der Waals surface area contributed by atoms with E-state index in [2.05, 4.69) is 62.6 Å². The minimum Gasteiger partial charge on any atom is -0.399 e. The Labute approximate surface area is 187 Å². The van der Waals surface area contributed by atoms with Crippen LogP contribution in [0, 0.1) is 10.1 Å². The number of Topliss-reactive ketones (excluding diaryl/α,β-unsaturated/α-hetero) is 1. The molecule has 0 saturated heterocycles. The predicted molar refractivity (Wildman–Crippen MR) is 134 cm³/mol. The molecule has 2 aromatic carbocycles. The van der Waals surface area contributed by atoms with E-state index in [1.165, 1.54) is 49.5 Å². The molecule has 2 rings (SSSR count). The van der Waals surface area contributed by atoms with Gasteiger partial charge >= 0.3 is 0 Å². The van der Waals surface area contributed by atoms with Crippen molar-refractivity contribution >= 4 is 28.5 Å². The monoisotopic (exact) mass is 432 g/mol. The Hall–Kier alpha value is -3.09. The third kappa shape index (κ3) is 15.4. The fourth-order valence-corrected chi connectivity index (χ4v) is 2.03. The minimum atomic E-state index is -0.459. The van der Waals surface area contributed by atoms with Gasteiger partial charge in [0.25, 0.3) is 5.69 Å². The number of rotatable bonds is 7. The summed E-state index contributed by atoms with van der Waals surface area (Å²) in [5.41, 5.74) is 8.30. The molecule has 0 aliphatic rings. The first-order valence-corrected chi connectivity index (χ1v) is 10.2. The van der Waals surface area contributed by atoms with Gasteiger partial charge in [0, 0.05) is 41.3 Å². The zero-order valence-electron chi connectivity index (χ0n) is 18.9. The van der Waals surface area contributed by atoms with E-state index in [-0.39, 0.29) is 18.9 Å². The summed E-state index contributed by atoms with van der Waals surface area (Å²) in [6, 6.07) is 15.4. The van der Waals surface area contributed by atoms with Crippen LogP contribution in [-0.2, 0) is 4.79 Å². The molecular weight excluding hydrogens is 392 g/mol. The molecule has 0 aromatic heterocycles. The Morgan fingerprint density at radius 2 is 1.23 bits per heavy atom. The molecule has 0 saturated carbocycles. The van der Waals surface area contributed by atoms with Crippen LogP contribution in [0.4, 0.5) is 22.7 Å². The van der Waals surface area contributed by atoms with Gasteiger partial charge in [-0.1, -0.05) is 21.3 Å². The summed E-state index contributed by atoms with van der Waals surface area (Å²) in [4.78, 5) is 19.1. The Balaban J connectivity index is 0. The first-order valence-electron chi connectivity index (χ1n) is 10.2. The van der Waals surface area contributed by atoms with Crippen molar-refractivity contribution < 1.29 is 9.72 Å². The highest BCUT2D eigenvalue weighted by molar-refractivity contribution is 5.72. The summed E-state index contributed by atoms with van der Waals surface area (Å²) in [6.07, 6.45) is 2.29. The maximum absolute atomic E-state index is 10.1. The number of hydrogen-bond acceptors (Lipinski definition) is 6. The summed E-state index contributed by atoms with van der Waals surface area (Å²) in [5.74, 6) is 0.167. The Kier molecular flexibility index (Phi) is 16.2. The normalized spacial score (nSPS) is 11.2. The van der Waals surface area contributed by atoms with Crippen molar-refractivity contribution in [1.29, 1.82) is 0 Å². The summed E-state index contributed by atoms with van der Waals surface area (Å²) >= 11 is 0. The molecule has 2 atom stereocenters. The molecule has 7 heteroatoms. The van der Waals surface area contributed by atoms with E-state index in [0.29, 0.717) is 17.8 Å². The molecule has 0 heterocycles. The van der Waals surface area contributed by atoms with Gasteiger partial charge in [-0.05, 0) is 76.9 Å². The maximum atomic E-state index is 10.1. The average molecular weight is 433 g/mol. The van der Waals surface area contributed by atoms with Gasteiger partial charge in [0.15, 0.2) is 0 Å². The smallest absolute Gasteiger partial charge is 0.269 e. The molecule has 2 unspecified atom stereocenters. The lowest BCUT2D eigenvalue weighted by Gasteiger charge is -2.15. The van der Waals surface area contributed by atoms with E-state index in [1.807, 2.05) is 0 Å². The summed E-state index contributed by atoms with van der Waals surface area (Å²) in [6.45, 7) is 11.8. The van der Waals surface area contributed by atoms with Gasteiger partial charge in [0.2, 0.25) is 0 Å². The highest BCUT2D eigenvalue weighted by atomic mass is 16.6. The summed E-state index contributed by atoms with van der Waals surface area (Å²) < 4.78 is 0. The molecule has 7 nitrogen and oxygen atoms in total. The van der Waals surface area contributed by atoms with Crippen molar-refractivity contribution in [3.05, 3.63) is 58.6 Å². The van der Waals surface area contributed by atoms with Gasteiger partial charge in [-0.3, -0.25) is 10.1 Å². The standard InChI is InChI=1S/C14H24N2.C6H6N2O2.C3H6O.CH4/c1-5-11(3)15-13-7-9-14(10-8-13)16-12(4)6-2;7-5-1-3-6(4-2-5)8(9)10;1-3(2)4;/h7-12,15-16H,5-6H2,1-4H3;1-4H,7H2;1-2H3;1H4. The van der Waals surface area contributed by atoms with E-state index in [4.69, 9.17) is 5.73 Å². The van der Waals surface area contributed by atoms with Gasteiger partial charge in [0.1, 0.15) is 5.78 Å². The molecule has 0 amide bonds. The van der Waals surface area contributed by atoms with Crippen molar-refractivity contribution in [2.75, 3.05) is 16.4 Å². The Morgan fingerprint density at radius 3 is 1.48 bits per heavy atom. The molecule has 174 valence electrons. The van der Waals surface area contributed by atoms with E-state index in [9.17, 15) is 14.9 Å². The van der Waals surface area contributed by atoms with Gasteiger partial charge < -0.3 is 21.2 Å². The molecule has 0 spiro atoms. The fourth-order valence-electron chi connectivity index (χ4n) is 2.03. The second kappa shape index (κ2) is 16.7. The highest BCUT2D eigenvalue weighted by Gasteiger charge is 2.01. The van der Waals surface area contributed by atoms with Crippen LogP contribution in [0.25, 0.3) is 0 Å². The van der Waals surface area contributed by atoms with Crippen molar-refractivity contribution in [3.8, 4) is 0 Å². The van der Waals surface area contributed by atoms with Crippen LogP contribution >= 0.6 is 0 Å². The summed E-state index contributed by atoms with van der Waals surface area (Å²) in [7, 11) is 0. The van der Waals surface area contributed by atoms with E-state index < -0.39 is 4.92 Å². The number of benzene rings is 2. The number of anilines is 3. The van der Waals surface area contributed by atoms with Crippen LogP contribution in [0.15, 0.2) is 48.5 Å². The number of ketones is 1. The van der Waals surface area contributed by atoms with E-state index in [1.54, 1.807) is 0 Å². The van der Waals surface area contributed by atoms with Crippen molar-refractivity contribution in [2.45, 2.75) is 73.9 Å². The average Bonchev–Trinajstić information content (AvgIpc) is 2.69. The number of carbonyl (C=O) groups is 1. The SMILES string of the molecule is C.CC(C)=O.CCC(C)Nc1ccc(NC(C)CC)cc1.Nc1ccc([N+](=O)[O-])cc1. The molecule has 4 N–H and O–H groups in total. The van der Waals surface area contributed by atoms with E-state index >= 15 is 0 Å². The lowest BCUT2D eigenvalue weighted by atomic mass is 10.2. The third-order valence-corrected chi connectivity index (χ3v) is 4.04. The van der Waals surface area contributed by atoms with Crippen LogP contribution in [0.2, 0.25) is 0 Å². The van der Waals surface area contributed by atoms with Crippen molar-refractivity contribution in [1.82, 2.24) is 0 Å². The molecule has 2 aromatic rings. The largest absolute Gasteiger partial charge is 0.399 e. The maximum Gasteiger partial charge on any atom is 0.269 e. The molecule has 0 radical (unpaired) electrons. The van der Waals surface area contributed by atoms with Crippen LogP contribution in [0.3, 0.4) is 0 Å². The number of nitrogens with zero attached hydrogens (tertiary/aromatic N) is 1. The highest BCUT2D eigenvalue weighted by Crippen LogP contribution is 2.16. The quantitative estimate of drug-likeness (QED) is 0.261. The number of nitrogens with one attached hydrogen (secondary N) is 2. The number of carbonyl (C=O) groups excluding carboxylic acids is 1. The van der Waals surface area contributed by atoms with Crippen LogP contribution in [0.1, 0.15) is 61.8 Å². The molecule has 0 aliphatic carbocycles.